The molecule has 3 aromatic rings. The number of hydrogen-bond acceptors (Lipinski definition) is 5. The van der Waals surface area contributed by atoms with Gasteiger partial charge >= 0.3 is 0 Å². The molecule has 118 valence electrons. The molecule has 0 atom stereocenters. The van der Waals surface area contributed by atoms with Gasteiger partial charge in [0.25, 0.3) is 11.5 Å². The van der Waals surface area contributed by atoms with Crippen LogP contribution in [0.15, 0.2) is 29.2 Å². The third-order valence-electron chi connectivity index (χ3n) is 3.56. The van der Waals surface area contributed by atoms with E-state index in [-0.39, 0.29) is 11.5 Å². The normalized spacial score (nSPS) is 10.9. The molecule has 3 aromatic heterocycles. The zero-order chi connectivity index (χ0) is 16.6. The van der Waals surface area contributed by atoms with E-state index in [1.54, 1.807) is 18.3 Å². The van der Waals surface area contributed by atoms with Crippen LogP contribution in [0.1, 0.15) is 22.8 Å². The molecule has 0 radical (unpaired) electrons. The highest BCUT2D eigenvalue weighted by Gasteiger charge is 2.16. The second-order valence-corrected chi connectivity index (χ2v) is 5.22. The van der Waals surface area contributed by atoms with Crippen LogP contribution in [0.4, 0.5) is 5.82 Å². The summed E-state index contributed by atoms with van der Waals surface area (Å²) in [6, 6.07) is 5.21. The van der Waals surface area contributed by atoms with Crippen LogP contribution in [-0.2, 0) is 0 Å². The lowest BCUT2D eigenvalue weighted by molar-refractivity contribution is 0.0963. The zero-order valence-electron chi connectivity index (χ0n) is 13.2. The minimum atomic E-state index is -0.302. The number of amides is 1. The van der Waals surface area contributed by atoms with E-state index in [1.165, 1.54) is 11.4 Å². The van der Waals surface area contributed by atoms with Gasteiger partial charge in [-0.3, -0.25) is 14.0 Å². The number of rotatable bonds is 3. The summed E-state index contributed by atoms with van der Waals surface area (Å²) in [4.78, 5) is 33.6. The summed E-state index contributed by atoms with van der Waals surface area (Å²) in [5.41, 5.74) is 1.88. The fraction of sp³-hybridized carbons (Fsp3) is 0.250. The Labute approximate surface area is 132 Å². The number of hydrogen-bond donors (Lipinski definition) is 2. The first-order valence-corrected chi connectivity index (χ1v) is 7.35. The van der Waals surface area contributed by atoms with Gasteiger partial charge in [0.15, 0.2) is 5.65 Å². The van der Waals surface area contributed by atoms with E-state index in [4.69, 9.17) is 0 Å². The first kappa shape index (κ1) is 15.0. The number of aromatic nitrogens is 3. The standard InChI is InChI=1S/C16H17N5O2/c1-4-18-13-10(15(22)17-3)7-11-14(20-13)19-12-6-5-9(2)8-21(12)16(11)23/h5-8H,4H2,1-3H3,(H,17,22)(H,18,20). The van der Waals surface area contributed by atoms with Crippen molar-refractivity contribution in [2.45, 2.75) is 13.8 Å². The fourth-order valence-electron chi connectivity index (χ4n) is 2.45. The molecule has 0 spiro atoms. The summed E-state index contributed by atoms with van der Waals surface area (Å²) in [5.74, 6) is 0.117. The number of nitrogens with zero attached hydrogens (tertiary/aromatic N) is 3. The van der Waals surface area contributed by atoms with Crippen molar-refractivity contribution in [3.63, 3.8) is 0 Å². The van der Waals surface area contributed by atoms with Crippen molar-refractivity contribution in [3.05, 3.63) is 45.9 Å². The molecular weight excluding hydrogens is 294 g/mol. The number of aryl methyl sites for hydroxylation is 1. The number of fused-ring (bicyclic) bond motifs is 2. The van der Waals surface area contributed by atoms with Gasteiger partial charge in [-0.15, -0.1) is 0 Å². The zero-order valence-corrected chi connectivity index (χ0v) is 13.2. The Kier molecular flexibility index (Phi) is 3.69. The Morgan fingerprint density at radius 2 is 2.09 bits per heavy atom. The van der Waals surface area contributed by atoms with Crippen molar-refractivity contribution < 1.29 is 4.79 Å². The summed E-state index contributed by atoms with van der Waals surface area (Å²) >= 11 is 0. The van der Waals surface area contributed by atoms with E-state index in [2.05, 4.69) is 20.6 Å². The number of carbonyl (C=O) groups is 1. The van der Waals surface area contributed by atoms with Gasteiger partial charge < -0.3 is 10.6 Å². The molecule has 1 amide bonds. The van der Waals surface area contributed by atoms with Crippen LogP contribution >= 0.6 is 0 Å². The van der Waals surface area contributed by atoms with Crippen LogP contribution in [0.2, 0.25) is 0 Å². The molecule has 0 unspecified atom stereocenters. The second kappa shape index (κ2) is 5.68. The van der Waals surface area contributed by atoms with E-state index < -0.39 is 0 Å². The first-order valence-electron chi connectivity index (χ1n) is 7.35. The Hall–Kier alpha value is -2.96. The maximum absolute atomic E-state index is 12.7. The highest BCUT2D eigenvalue weighted by Crippen LogP contribution is 2.18. The van der Waals surface area contributed by atoms with E-state index in [1.807, 2.05) is 19.9 Å². The molecule has 0 saturated heterocycles. The van der Waals surface area contributed by atoms with Gasteiger partial charge in [-0.25, -0.2) is 9.97 Å². The summed E-state index contributed by atoms with van der Waals surface area (Å²) in [7, 11) is 1.54. The number of anilines is 1. The predicted octanol–water partition coefficient (Wildman–Crippen LogP) is 1.34. The Morgan fingerprint density at radius 1 is 1.30 bits per heavy atom. The first-order chi connectivity index (χ1) is 11.0. The molecule has 0 aliphatic carbocycles. The van der Waals surface area contributed by atoms with Crippen molar-refractivity contribution in [2.75, 3.05) is 18.9 Å². The molecule has 0 fully saturated rings. The fourth-order valence-corrected chi connectivity index (χ4v) is 2.45. The molecule has 0 saturated carbocycles. The molecular formula is C16H17N5O2. The molecule has 7 nitrogen and oxygen atoms in total. The monoisotopic (exact) mass is 311 g/mol. The Bertz CT molecular complexity index is 978. The third kappa shape index (κ3) is 2.50. The van der Waals surface area contributed by atoms with Crippen molar-refractivity contribution >= 4 is 28.4 Å². The summed E-state index contributed by atoms with van der Waals surface area (Å²) in [5, 5.41) is 5.91. The average Bonchev–Trinajstić information content (AvgIpc) is 2.55. The van der Waals surface area contributed by atoms with Crippen LogP contribution in [0.5, 0.6) is 0 Å². The van der Waals surface area contributed by atoms with Crippen LogP contribution in [-0.4, -0.2) is 33.9 Å². The number of pyridine rings is 2. The molecule has 0 bridgehead atoms. The molecule has 3 heterocycles. The number of carbonyl (C=O) groups excluding carboxylic acids is 1. The Balaban J connectivity index is 2.39. The van der Waals surface area contributed by atoms with E-state index in [0.29, 0.717) is 34.6 Å². The topological polar surface area (TPSA) is 88.4 Å². The summed E-state index contributed by atoms with van der Waals surface area (Å²) in [6.07, 6.45) is 1.72. The van der Waals surface area contributed by atoms with Crippen molar-refractivity contribution in [3.8, 4) is 0 Å². The lowest BCUT2D eigenvalue weighted by atomic mass is 10.2. The van der Waals surface area contributed by atoms with Gasteiger partial charge in [-0.2, -0.15) is 0 Å². The lowest BCUT2D eigenvalue weighted by Gasteiger charge is -2.11. The van der Waals surface area contributed by atoms with Crippen molar-refractivity contribution in [2.24, 2.45) is 0 Å². The maximum atomic E-state index is 12.7. The molecule has 23 heavy (non-hydrogen) atoms. The average molecular weight is 311 g/mol. The quantitative estimate of drug-likeness (QED) is 0.713. The van der Waals surface area contributed by atoms with Crippen LogP contribution in [0.25, 0.3) is 16.7 Å². The molecule has 0 aliphatic heterocycles. The smallest absolute Gasteiger partial charge is 0.267 e. The van der Waals surface area contributed by atoms with Gasteiger partial charge in [0, 0.05) is 19.8 Å². The number of nitrogens with one attached hydrogen (secondary N) is 2. The molecule has 7 heteroatoms. The van der Waals surface area contributed by atoms with Crippen LogP contribution in [0, 0.1) is 6.92 Å². The third-order valence-corrected chi connectivity index (χ3v) is 3.56. The van der Waals surface area contributed by atoms with Gasteiger partial charge in [0.1, 0.15) is 11.5 Å². The van der Waals surface area contributed by atoms with E-state index in [0.717, 1.165) is 5.56 Å². The highest BCUT2D eigenvalue weighted by atomic mass is 16.1. The molecule has 2 N–H and O–H groups in total. The SMILES string of the molecule is CCNc1nc2nc3ccc(C)cn3c(=O)c2cc1C(=O)NC. The highest BCUT2D eigenvalue weighted by molar-refractivity contribution is 6.01. The Morgan fingerprint density at radius 3 is 2.78 bits per heavy atom. The van der Waals surface area contributed by atoms with Crippen molar-refractivity contribution in [1.29, 1.82) is 0 Å². The van der Waals surface area contributed by atoms with Gasteiger partial charge in [0.05, 0.1) is 10.9 Å². The van der Waals surface area contributed by atoms with Crippen LogP contribution < -0.4 is 16.2 Å². The second-order valence-electron chi connectivity index (χ2n) is 5.22. The molecule has 3 rings (SSSR count). The van der Waals surface area contributed by atoms with Crippen molar-refractivity contribution in [1.82, 2.24) is 19.7 Å². The van der Waals surface area contributed by atoms with Gasteiger partial charge in [0.2, 0.25) is 0 Å². The van der Waals surface area contributed by atoms with E-state index in [9.17, 15) is 9.59 Å². The summed E-state index contributed by atoms with van der Waals surface area (Å²) < 4.78 is 1.47. The molecule has 0 aliphatic rings. The van der Waals surface area contributed by atoms with E-state index >= 15 is 0 Å². The van der Waals surface area contributed by atoms with Gasteiger partial charge in [-0.05, 0) is 31.5 Å². The molecule has 0 aromatic carbocycles. The predicted molar refractivity (Wildman–Crippen MR) is 89.1 cm³/mol. The minimum Gasteiger partial charge on any atom is -0.370 e. The minimum absolute atomic E-state index is 0.241. The van der Waals surface area contributed by atoms with Gasteiger partial charge in [-0.1, -0.05) is 6.07 Å². The summed E-state index contributed by atoms with van der Waals surface area (Å²) in [6.45, 7) is 4.41. The lowest BCUT2D eigenvalue weighted by Crippen LogP contribution is -2.22. The largest absolute Gasteiger partial charge is 0.370 e. The van der Waals surface area contributed by atoms with Crippen LogP contribution in [0.3, 0.4) is 0 Å². The maximum Gasteiger partial charge on any atom is 0.267 e.